The van der Waals surface area contributed by atoms with Gasteiger partial charge in [0.05, 0.1) is 18.2 Å². The predicted octanol–water partition coefficient (Wildman–Crippen LogP) is 3.49. The van der Waals surface area contributed by atoms with Gasteiger partial charge >= 0.3 is 0 Å². The SMILES string of the molecule is COc1ccc(-c2nn(-c3ccccc3)c3ncncc23)cc1. The fraction of sp³-hybridized carbons (Fsp3) is 0.0556. The Morgan fingerprint density at radius 1 is 0.957 bits per heavy atom. The third-order valence-electron chi connectivity index (χ3n) is 3.71. The Morgan fingerprint density at radius 3 is 2.48 bits per heavy atom. The summed E-state index contributed by atoms with van der Waals surface area (Å²) in [5, 5.41) is 5.68. The molecule has 2 aromatic heterocycles. The van der Waals surface area contributed by atoms with Crippen LogP contribution in [0, 0.1) is 0 Å². The first-order chi connectivity index (χ1) is 11.4. The zero-order valence-electron chi connectivity index (χ0n) is 12.5. The van der Waals surface area contributed by atoms with Crippen molar-refractivity contribution in [1.82, 2.24) is 19.7 Å². The molecule has 0 aliphatic rings. The van der Waals surface area contributed by atoms with Gasteiger partial charge in [-0.2, -0.15) is 5.10 Å². The minimum absolute atomic E-state index is 0.789. The third kappa shape index (κ3) is 2.32. The third-order valence-corrected chi connectivity index (χ3v) is 3.71. The Morgan fingerprint density at radius 2 is 1.74 bits per heavy atom. The molecule has 5 heteroatoms. The number of ether oxygens (including phenoxy) is 1. The van der Waals surface area contributed by atoms with E-state index < -0.39 is 0 Å². The second-order valence-corrected chi connectivity index (χ2v) is 5.08. The molecule has 0 aliphatic heterocycles. The average molecular weight is 302 g/mol. The number of fused-ring (bicyclic) bond motifs is 1. The number of benzene rings is 2. The van der Waals surface area contributed by atoms with Gasteiger partial charge in [-0.1, -0.05) is 18.2 Å². The van der Waals surface area contributed by atoms with E-state index in [1.165, 1.54) is 0 Å². The molecule has 0 unspecified atom stereocenters. The highest BCUT2D eigenvalue weighted by Gasteiger charge is 2.14. The second-order valence-electron chi connectivity index (χ2n) is 5.08. The number of para-hydroxylation sites is 1. The van der Waals surface area contributed by atoms with Gasteiger partial charge in [0.15, 0.2) is 5.65 Å². The van der Waals surface area contributed by atoms with Crippen LogP contribution in [0.5, 0.6) is 5.75 Å². The highest BCUT2D eigenvalue weighted by molar-refractivity contribution is 5.91. The molecule has 0 atom stereocenters. The normalized spacial score (nSPS) is 10.8. The van der Waals surface area contributed by atoms with Gasteiger partial charge < -0.3 is 4.74 Å². The fourth-order valence-corrected chi connectivity index (χ4v) is 2.57. The highest BCUT2D eigenvalue weighted by atomic mass is 16.5. The number of aromatic nitrogens is 4. The van der Waals surface area contributed by atoms with Gasteiger partial charge in [-0.3, -0.25) is 0 Å². The minimum atomic E-state index is 0.789. The van der Waals surface area contributed by atoms with Crippen LogP contribution in [0.2, 0.25) is 0 Å². The Labute approximate surface area is 133 Å². The molecule has 0 saturated heterocycles. The van der Waals surface area contributed by atoms with Crippen molar-refractivity contribution in [1.29, 1.82) is 0 Å². The number of hydrogen-bond donors (Lipinski definition) is 0. The lowest BCUT2D eigenvalue weighted by Crippen LogP contribution is -1.97. The highest BCUT2D eigenvalue weighted by Crippen LogP contribution is 2.29. The van der Waals surface area contributed by atoms with Crippen LogP contribution in [0.15, 0.2) is 67.1 Å². The summed E-state index contributed by atoms with van der Waals surface area (Å²) in [5.41, 5.74) is 3.61. The van der Waals surface area contributed by atoms with E-state index in [0.717, 1.165) is 33.7 Å². The molecule has 5 nitrogen and oxygen atoms in total. The topological polar surface area (TPSA) is 52.8 Å². The summed E-state index contributed by atoms with van der Waals surface area (Å²) in [5.74, 6) is 0.816. The van der Waals surface area contributed by atoms with Crippen molar-refractivity contribution in [2.75, 3.05) is 7.11 Å². The van der Waals surface area contributed by atoms with E-state index in [1.54, 1.807) is 19.6 Å². The number of nitrogens with zero attached hydrogens (tertiary/aromatic N) is 4. The molecule has 0 spiro atoms. The van der Waals surface area contributed by atoms with E-state index >= 15 is 0 Å². The van der Waals surface area contributed by atoms with Crippen LogP contribution in [-0.2, 0) is 0 Å². The Hall–Kier alpha value is -3.21. The maximum absolute atomic E-state index is 5.22. The van der Waals surface area contributed by atoms with Gasteiger partial charge in [-0.15, -0.1) is 0 Å². The number of methoxy groups -OCH3 is 1. The van der Waals surface area contributed by atoms with Crippen molar-refractivity contribution < 1.29 is 4.74 Å². The Bertz CT molecular complexity index is 946. The number of rotatable bonds is 3. The van der Waals surface area contributed by atoms with Crippen LogP contribution in [0.25, 0.3) is 28.0 Å². The van der Waals surface area contributed by atoms with Gasteiger partial charge in [0, 0.05) is 11.8 Å². The van der Waals surface area contributed by atoms with Gasteiger partial charge in [0.2, 0.25) is 0 Å². The monoisotopic (exact) mass is 302 g/mol. The first-order valence-corrected chi connectivity index (χ1v) is 7.25. The molecular weight excluding hydrogens is 288 g/mol. The van der Waals surface area contributed by atoms with Gasteiger partial charge in [0.25, 0.3) is 0 Å². The molecule has 0 fully saturated rings. The van der Waals surface area contributed by atoms with Crippen molar-refractivity contribution >= 4 is 11.0 Å². The van der Waals surface area contributed by atoms with Gasteiger partial charge in [-0.05, 0) is 36.4 Å². The van der Waals surface area contributed by atoms with Crippen molar-refractivity contribution in [3.05, 3.63) is 67.1 Å². The van der Waals surface area contributed by atoms with Gasteiger partial charge in [-0.25, -0.2) is 14.6 Å². The molecule has 0 saturated carbocycles. The molecular formula is C18H14N4O. The van der Waals surface area contributed by atoms with Crippen molar-refractivity contribution in [3.63, 3.8) is 0 Å². The zero-order valence-corrected chi connectivity index (χ0v) is 12.5. The molecule has 0 radical (unpaired) electrons. The lowest BCUT2D eigenvalue weighted by Gasteiger charge is -2.02. The van der Waals surface area contributed by atoms with Crippen molar-refractivity contribution in [3.8, 4) is 22.7 Å². The summed E-state index contributed by atoms with van der Waals surface area (Å²) in [7, 11) is 1.66. The number of hydrogen-bond acceptors (Lipinski definition) is 4. The van der Waals surface area contributed by atoms with E-state index in [0.29, 0.717) is 0 Å². The quantitative estimate of drug-likeness (QED) is 0.581. The summed E-state index contributed by atoms with van der Waals surface area (Å²) in [6.07, 6.45) is 3.34. The Kier molecular flexibility index (Phi) is 3.24. The van der Waals surface area contributed by atoms with Crippen LogP contribution in [0.3, 0.4) is 0 Å². The summed E-state index contributed by atoms with van der Waals surface area (Å²) in [6, 6.07) is 17.8. The van der Waals surface area contributed by atoms with Gasteiger partial charge in [0.1, 0.15) is 17.8 Å². The summed E-state index contributed by atoms with van der Waals surface area (Å²) in [6.45, 7) is 0. The molecule has 2 aromatic carbocycles. The minimum Gasteiger partial charge on any atom is -0.497 e. The van der Waals surface area contributed by atoms with Crippen LogP contribution >= 0.6 is 0 Å². The molecule has 2 heterocycles. The average Bonchev–Trinajstić information content (AvgIpc) is 3.02. The van der Waals surface area contributed by atoms with Crippen molar-refractivity contribution in [2.24, 2.45) is 0 Å². The summed E-state index contributed by atoms with van der Waals surface area (Å²) < 4.78 is 7.06. The molecule has 0 bridgehead atoms. The van der Waals surface area contributed by atoms with Crippen LogP contribution in [0.4, 0.5) is 0 Å². The summed E-state index contributed by atoms with van der Waals surface area (Å²) in [4.78, 5) is 8.55. The van der Waals surface area contributed by atoms with E-state index in [1.807, 2.05) is 59.3 Å². The molecule has 0 amide bonds. The first kappa shape index (κ1) is 13.5. The Balaban J connectivity index is 1.93. The summed E-state index contributed by atoms with van der Waals surface area (Å²) >= 11 is 0. The lowest BCUT2D eigenvalue weighted by atomic mass is 10.1. The molecule has 0 N–H and O–H groups in total. The van der Waals surface area contributed by atoms with Crippen LogP contribution in [-0.4, -0.2) is 26.9 Å². The fourth-order valence-electron chi connectivity index (χ4n) is 2.57. The second kappa shape index (κ2) is 5.53. The largest absolute Gasteiger partial charge is 0.497 e. The van der Waals surface area contributed by atoms with E-state index in [-0.39, 0.29) is 0 Å². The zero-order chi connectivity index (χ0) is 15.6. The maximum Gasteiger partial charge on any atom is 0.166 e. The smallest absolute Gasteiger partial charge is 0.166 e. The van der Waals surface area contributed by atoms with E-state index in [4.69, 9.17) is 9.84 Å². The molecule has 112 valence electrons. The maximum atomic E-state index is 5.22. The van der Waals surface area contributed by atoms with Crippen LogP contribution < -0.4 is 4.74 Å². The molecule has 4 aromatic rings. The standard InChI is InChI=1S/C18H14N4O/c1-23-15-9-7-13(8-10-15)17-16-11-19-12-20-18(16)22(21-17)14-5-3-2-4-6-14/h2-12H,1H3. The van der Waals surface area contributed by atoms with Crippen molar-refractivity contribution in [2.45, 2.75) is 0 Å². The molecule has 4 rings (SSSR count). The lowest BCUT2D eigenvalue weighted by molar-refractivity contribution is 0.415. The first-order valence-electron chi connectivity index (χ1n) is 7.25. The molecule has 23 heavy (non-hydrogen) atoms. The van der Waals surface area contributed by atoms with E-state index in [2.05, 4.69) is 9.97 Å². The van der Waals surface area contributed by atoms with E-state index in [9.17, 15) is 0 Å². The molecule has 0 aliphatic carbocycles. The predicted molar refractivity (Wildman–Crippen MR) is 88.6 cm³/mol. The van der Waals surface area contributed by atoms with Crippen LogP contribution in [0.1, 0.15) is 0 Å².